The molecule has 0 unspecified atom stereocenters. The molecule has 0 bridgehead atoms. The lowest BCUT2D eigenvalue weighted by Gasteiger charge is -2.28. The van der Waals surface area contributed by atoms with E-state index in [1.54, 1.807) is 0 Å². The molecular formula is C50H32N2. The second-order valence-corrected chi connectivity index (χ2v) is 13.7. The van der Waals surface area contributed by atoms with Gasteiger partial charge in [-0.3, -0.25) is 0 Å². The molecule has 2 nitrogen and oxygen atoms in total. The van der Waals surface area contributed by atoms with Crippen molar-refractivity contribution in [1.82, 2.24) is 4.57 Å². The quantitative estimate of drug-likeness (QED) is 0.167. The Bertz CT molecular complexity index is 3010. The maximum Gasteiger partial charge on any atom is 0.0561 e. The first kappa shape index (κ1) is 28.9. The Hall–Kier alpha value is -6.90. The van der Waals surface area contributed by atoms with Crippen LogP contribution in [0.25, 0.3) is 82.4 Å². The van der Waals surface area contributed by atoms with Gasteiger partial charge in [0.25, 0.3) is 0 Å². The minimum absolute atomic E-state index is 1.11. The van der Waals surface area contributed by atoms with E-state index in [4.69, 9.17) is 0 Å². The Balaban J connectivity index is 1.19. The Morgan fingerprint density at radius 2 is 1.02 bits per heavy atom. The molecule has 11 rings (SSSR count). The van der Waals surface area contributed by atoms with Gasteiger partial charge in [0.05, 0.1) is 16.7 Å². The zero-order valence-corrected chi connectivity index (χ0v) is 28.4. The number of rotatable bonds is 5. The molecule has 9 aromatic carbocycles. The van der Waals surface area contributed by atoms with Crippen LogP contribution in [0.1, 0.15) is 0 Å². The summed E-state index contributed by atoms with van der Waals surface area (Å²) in [5.41, 5.74) is 14.5. The van der Waals surface area contributed by atoms with Crippen LogP contribution in [0, 0.1) is 0 Å². The highest BCUT2D eigenvalue weighted by Crippen LogP contribution is 2.53. The van der Waals surface area contributed by atoms with Gasteiger partial charge in [0.15, 0.2) is 0 Å². The molecule has 2 heteroatoms. The standard InChI is InChI=1S/C50H32N2/c1-3-14-33(15-4-1)39-20-9-11-24-46(39)51(38-26-28-42-41-22-10-12-25-47(41)52(48(42)32-38)36-18-5-2-6-19-36)37-27-29-44-45(31-37)43-23-13-17-35-30-34-16-7-8-21-40(34)50(44)49(35)43/h1-32H. The van der Waals surface area contributed by atoms with Crippen LogP contribution in [0.15, 0.2) is 194 Å². The first-order chi connectivity index (χ1) is 25.8. The van der Waals surface area contributed by atoms with E-state index in [-0.39, 0.29) is 0 Å². The summed E-state index contributed by atoms with van der Waals surface area (Å²) in [4.78, 5) is 2.45. The molecule has 0 aliphatic heterocycles. The van der Waals surface area contributed by atoms with Gasteiger partial charge in [-0.25, -0.2) is 0 Å². The third-order valence-electron chi connectivity index (χ3n) is 10.9. The molecule has 52 heavy (non-hydrogen) atoms. The van der Waals surface area contributed by atoms with E-state index in [9.17, 15) is 0 Å². The van der Waals surface area contributed by atoms with Gasteiger partial charge in [-0.15, -0.1) is 0 Å². The average molecular weight is 661 g/mol. The lowest BCUT2D eigenvalue weighted by molar-refractivity contribution is 1.18. The highest BCUT2D eigenvalue weighted by atomic mass is 15.1. The number of anilines is 3. The molecular weight excluding hydrogens is 629 g/mol. The number of hydrogen-bond acceptors (Lipinski definition) is 1. The largest absolute Gasteiger partial charge is 0.310 e. The average Bonchev–Trinajstić information content (AvgIpc) is 3.72. The van der Waals surface area contributed by atoms with Gasteiger partial charge in [-0.2, -0.15) is 0 Å². The highest BCUT2D eigenvalue weighted by molar-refractivity contribution is 6.24. The highest BCUT2D eigenvalue weighted by Gasteiger charge is 2.26. The first-order valence-corrected chi connectivity index (χ1v) is 17.9. The van der Waals surface area contributed by atoms with Crippen LogP contribution in [-0.2, 0) is 0 Å². The van der Waals surface area contributed by atoms with E-state index < -0.39 is 0 Å². The van der Waals surface area contributed by atoms with Gasteiger partial charge in [0.1, 0.15) is 0 Å². The summed E-state index contributed by atoms with van der Waals surface area (Å²) in [5.74, 6) is 0. The number of benzene rings is 9. The predicted molar refractivity (Wildman–Crippen MR) is 220 cm³/mol. The van der Waals surface area contributed by atoms with Crippen LogP contribution in [0.4, 0.5) is 17.1 Å². The molecule has 242 valence electrons. The van der Waals surface area contributed by atoms with E-state index in [1.165, 1.54) is 76.7 Å². The van der Waals surface area contributed by atoms with Crippen molar-refractivity contribution in [1.29, 1.82) is 0 Å². The summed E-state index contributed by atoms with van der Waals surface area (Å²) in [7, 11) is 0. The minimum Gasteiger partial charge on any atom is -0.310 e. The van der Waals surface area contributed by atoms with Gasteiger partial charge in [-0.1, -0.05) is 140 Å². The summed E-state index contributed by atoms with van der Waals surface area (Å²) in [5, 5.41) is 7.70. The Labute approximate surface area is 302 Å². The summed E-state index contributed by atoms with van der Waals surface area (Å²) in [6.07, 6.45) is 0. The van der Waals surface area contributed by atoms with Crippen molar-refractivity contribution in [2.24, 2.45) is 0 Å². The number of fused-ring (bicyclic) bond motifs is 8. The molecule has 1 heterocycles. The van der Waals surface area contributed by atoms with Gasteiger partial charge in [0, 0.05) is 33.4 Å². The Morgan fingerprint density at radius 3 is 1.90 bits per heavy atom. The summed E-state index contributed by atoms with van der Waals surface area (Å²) >= 11 is 0. The fourth-order valence-electron chi connectivity index (χ4n) is 8.65. The van der Waals surface area contributed by atoms with Gasteiger partial charge in [0.2, 0.25) is 0 Å². The van der Waals surface area contributed by atoms with Crippen molar-refractivity contribution < 1.29 is 0 Å². The second-order valence-electron chi connectivity index (χ2n) is 13.7. The molecule has 1 aromatic heterocycles. The van der Waals surface area contributed by atoms with E-state index >= 15 is 0 Å². The fourth-order valence-corrected chi connectivity index (χ4v) is 8.65. The van der Waals surface area contributed by atoms with Gasteiger partial charge < -0.3 is 9.47 Å². The Kier molecular flexibility index (Phi) is 6.28. The third-order valence-corrected chi connectivity index (χ3v) is 10.9. The molecule has 0 saturated carbocycles. The summed E-state index contributed by atoms with van der Waals surface area (Å²) < 4.78 is 2.40. The smallest absolute Gasteiger partial charge is 0.0561 e. The zero-order valence-electron chi connectivity index (χ0n) is 28.4. The molecule has 1 aliphatic rings. The SMILES string of the molecule is c1ccc(-c2ccccc2N(c2ccc3c(c2)-c2cccc4cc5ccccc5c-3c24)c2ccc3c4ccccc4n(-c4ccccc4)c3c2)cc1. The number of hydrogen-bond donors (Lipinski definition) is 0. The van der Waals surface area contributed by atoms with Crippen LogP contribution in [0.5, 0.6) is 0 Å². The number of para-hydroxylation sites is 3. The molecule has 0 saturated heterocycles. The normalized spacial score (nSPS) is 11.8. The molecule has 0 radical (unpaired) electrons. The van der Waals surface area contributed by atoms with Crippen LogP contribution in [-0.4, -0.2) is 4.57 Å². The van der Waals surface area contributed by atoms with Crippen molar-refractivity contribution in [3.63, 3.8) is 0 Å². The monoisotopic (exact) mass is 660 g/mol. The summed E-state index contributed by atoms with van der Waals surface area (Å²) in [6, 6.07) is 71.0. The number of nitrogens with zero attached hydrogens (tertiary/aromatic N) is 2. The second kappa shape index (κ2) is 11.3. The topological polar surface area (TPSA) is 8.17 Å². The van der Waals surface area contributed by atoms with Crippen molar-refractivity contribution >= 4 is 60.4 Å². The van der Waals surface area contributed by atoms with E-state index in [0.717, 1.165) is 22.7 Å². The van der Waals surface area contributed by atoms with Crippen LogP contribution >= 0.6 is 0 Å². The maximum atomic E-state index is 2.45. The zero-order chi connectivity index (χ0) is 34.2. The minimum atomic E-state index is 1.11. The molecule has 0 amide bonds. The summed E-state index contributed by atoms with van der Waals surface area (Å²) in [6.45, 7) is 0. The van der Waals surface area contributed by atoms with Crippen molar-refractivity contribution in [3.05, 3.63) is 194 Å². The van der Waals surface area contributed by atoms with Crippen molar-refractivity contribution in [2.75, 3.05) is 4.90 Å². The van der Waals surface area contributed by atoms with E-state index in [2.05, 4.69) is 204 Å². The van der Waals surface area contributed by atoms with Gasteiger partial charge >= 0.3 is 0 Å². The molecule has 0 fully saturated rings. The van der Waals surface area contributed by atoms with Crippen molar-refractivity contribution in [2.45, 2.75) is 0 Å². The van der Waals surface area contributed by atoms with Crippen LogP contribution in [0.3, 0.4) is 0 Å². The third kappa shape index (κ3) is 4.25. The van der Waals surface area contributed by atoms with Crippen molar-refractivity contribution in [3.8, 4) is 39.1 Å². The first-order valence-electron chi connectivity index (χ1n) is 17.9. The van der Waals surface area contributed by atoms with Crippen LogP contribution in [0.2, 0.25) is 0 Å². The molecule has 0 spiro atoms. The van der Waals surface area contributed by atoms with Crippen LogP contribution < -0.4 is 4.90 Å². The predicted octanol–water partition coefficient (Wildman–Crippen LogP) is 13.9. The van der Waals surface area contributed by atoms with E-state index in [1.807, 2.05) is 0 Å². The van der Waals surface area contributed by atoms with Gasteiger partial charge in [-0.05, 0) is 104 Å². The van der Waals surface area contributed by atoms with E-state index in [0.29, 0.717) is 0 Å². The number of aromatic nitrogens is 1. The Morgan fingerprint density at radius 1 is 0.365 bits per heavy atom. The maximum absolute atomic E-state index is 2.45. The molecule has 1 aliphatic carbocycles. The molecule has 0 N–H and O–H groups in total. The molecule has 0 atom stereocenters. The molecule has 10 aromatic rings. The fraction of sp³-hybridized carbons (Fsp3) is 0. The lowest BCUT2D eigenvalue weighted by Crippen LogP contribution is -2.11. The lowest BCUT2D eigenvalue weighted by atomic mass is 9.96.